The zero-order valence-electron chi connectivity index (χ0n) is 12.1. The molecule has 2 nitrogen and oxygen atoms in total. The lowest BCUT2D eigenvalue weighted by atomic mass is 9.78. The summed E-state index contributed by atoms with van der Waals surface area (Å²) in [7, 11) is 0. The second kappa shape index (κ2) is 5.50. The van der Waals surface area contributed by atoms with Crippen LogP contribution in [0.1, 0.15) is 64.7 Å². The number of hydrogen-bond acceptors (Lipinski definition) is 2. The molecule has 0 aromatic rings. The molecule has 0 radical (unpaired) electrons. The van der Waals surface area contributed by atoms with E-state index in [1.54, 1.807) is 0 Å². The summed E-state index contributed by atoms with van der Waals surface area (Å²) in [6.45, 7) is 6.39. The van der Waals surface area contributed by atoms with Crippen molar-refractivity contribution in [3.8, 4) is 0 Å². The maximum Gasteiger partial charge on any atom is 0.0308 e. The van der Waals surface area contributed by atoms with Crippen molar-refractivity contribution in [3.63, 3.8) is 0 Å². The molecule has 1 aliphatic heterocycles. The van der Waals surface area contributed by atoms with Gasteiger partial charge < -0.3 is 5.32 Å². The predicted molar refractivity (Wildman–Crippen MR) is 76.8 cm³/mol. The van der Waals surface area contributed by atoms with Crippen LogP contribution in [0.5, 0.6) is 0 Å². The highest BCUT2D eigenvalue weighted by Crippen LogP contribution is 2.35. The molecular weight excluding hydrogens is 220 g/mol. The molecule has 2 saturated carbocycles. The van der Waals surface area contributed by atoms with Crippen molar-refractivity contribution >= 4 is 0 Å². The summed E-state index contributed by atoms with van der Waals surface area (Å²) in [6, 6.07) is 0.831. The van der Waals surface area contributed by atoms with Crippen molar-refractivity contribution in [1.29, 1.82) is 0 Å². The first kappa shape index (κ1) is 12.9. The van der Waals surface area contributed by atoms with Crippen LogP contribution in [-0.2, 0) is 0 Å². The minimum Gasteiger partial charge on any atom is -0.310 e. The second-order valence-corrected chi connectivity index (χ2v) is 7.02. The molecule has 1 atom stereocenters. The molecular formula is C16H30N2. The molecule has 1 heterocycles. The van der Waals surface area contributed by atoms with Crippen molar-refractivity contribution in [2.75, 3.05) is 19.6 Å². The third-order valence-electron chi connectivity index (χ3n) is 5.85. The Bertz CT molecular complexity index is 266. The molecule has 3 fully saturated rings. The van der Waals surface area contributed by atoms with Crippen molar-refractivity contribution in [2.45, 2.75) is 76.3 Å². The van der Waals surface area contributed by atoms with E-state index in [1.807, 2.05) is 0 Å². The molecule has 2 aliphatic carbocycles. The molecule has 18 heavy (non-hydrogen) atoms. The van der Waals surface area contributed by atoms with Gasteiger partial charge in [-0.2, -0.15) is 0 Å². The number of nitrogens with zero attached hydrogens (tertiary/aromatic N) is 1. The Labute approximate surface area is 113 Å². The Hall–Kier alpha value is -0.0800. The van der Waals surface area contributed by atoms with Crippen LogP contribution in [0.15, 0.2) is 0 Å². The molecule has 0 aromatic heterocycles. The van der Waals surface area contributed by atoms with Crippen molar-refractivity contribution < 1.29 is 0 Å². The summed E-state index contributed by atoms with van der Waals surface area (Å²) in [4.78, 5) is 2.83. The Morgan fingerprint density at radius 3 is 2.50 bits per heavy atom. The van der Waals surface area contributed by atoms with E-state index in [4.69, 9.17) is 0 Å². The zero-order valence-corrected chi connectivity index (χ0v) is 12.1. The fourth-order valence-corrected chi connectivity index (χ4v) is 4.29. The van der Waals surface area contributed by atoms with E-state index >= 15 is 0 Å². The van der Waals surface area contributed by atoms with Gasteiger partial charge in [-0.15, -0.1) is 0 Å². The van der Waals surface area contributed by atoms with Gasteiger partial charge in [0.1, 0.15) is 0 Å². The minimum absolute atomic E-state index is 0.479. The average molecular weight is 250 g/mol. The highest BCUT2D eigenvalue weighted by atomic mass is 15.2. The predicted octanol–water partition coefficient (Wildman–Crippen LogP) is 3.17. The van der Waals surface area contributed by atoms with Gasteiger partial charge in [-0.3, -0.25) is 4.90 Å². The van der Waals surface area contributed by atoms with E-state index in [-0.39, 0.29) is 0 Å². The lowest BCUT2D eigenvalue weighted by Crippen LogP contribution is -2.55. The molecule has 0 aromatic carbocycles. The first-order valence-corrected chi connectivity index (χ1v) is 8.28. The SMILES string of the molecule is CC(C1CCC1)N1CCCNC2(CCCCC2)C1. The molecule has 1 N–H and O–H groups in total. The number of nitrogens with one attached hydrogen (secondary N) is 1. The van der Waals surface area contributed by atoms with E-state index in [0.29, 0.717) is 5.54 Å². The Kier molecular flexibility index (Phi) is 3.95. The summed E-state index contributed by atoms with van der Waals surface area (Å²) in [5.74, 6) is 1.00. The van der Waals surface area contributed by atoms with Crippen LogP contribution in [0, 0.1) is 5.92 Å². The summed E-state index contributed by atoms with van der Waals surface area (Å²) in [5, 5.41) is 3.92. The smallest absolute Gasteiger partial charge is 0.0308 e. The Balaban J connectivity index is 1.66. The molecule has 2 heteroatoms. The first-order chi connectivity index (χ1) is 8.79. The maximum absolute atomic E-state index is 3.92. The quantitative estimate of drug-likeness (QED) is 0.810. The largest absolute Gasteiger partial charge is 0.310 e. The van der Waals surface area contributed by atoms with Gasteiger partial charge in [0.15, 0.2) is 0 Å². The van der Waals surface area contributed by atoms with Gasteiger partial charge >= 0.3 is 0 Å². The van der Waals surface area contributed by atoms with Crippen molar-refractivity contribution in [1.82, 2.24) is 10.2 Å². The van der Waals surface area contributed by atoms with Gasteiger partial charge in [-0.1, -0.05) is 25.7 Å². The topological polar surface area (TPSA) is 15.3 Å². The number of hydrogen-bond donors (Lipinski definition) is 1. The van der Waals surface area contributed by atoms with E-state index in [1.165, 1.54) is 77.4 Å². The molecule has 0 amide bonds. The molecule has 3 aliphatic rings. The Morgan fingerprint density at radius 2 is 1.83 bits per heavy atom. The average Bonchev–Trinajstić information content (AvgIpc) is 2.51. The van der Waals surface area contributed by atoms with Crippen LogP contribution in [0.25, 0.3) is 0 Å². The fourth-order valence-electron chi connectivity index (χ4n) is 4.29. The highest BCUT2D eigenvalue weighted by molar-refractivity contribution is 4.97. The van der Waals surface area contributed by atoms with E-state index in [9.17, 15) is 0 Å². The number of rotatable bonds is 2. The minimum atomic E-state index is 0.479. The lowest BCUT2D eigenvalue weighted by Gasteiger charge is -2.44. The van der Waals surface area contributed by atoms with E-state index in [0.717, 1.165) is 12.0 Å². The molecule has 104 valence electrons. The van der Waals surface area contributed by atoms with Gasteiger partial charge in [0.2, 0.25) is 0 Å². The van der Waals surface area contributed by atoms with Crippen LogP contribution in [0.2, 0.25) is 0 Å². The first-order valence-electron chi connectivity index (χ1n) is 8.28. The zero-order chi connectivity index (χ0) is 12.4. The highest BCUT2D eigenvalue weighted by Gasteiger charge is 2.38. The third kappa shape index (κ3) is 2.60. The normalized spacial score (nSPS) is 31.8. The standard InChI is InChI=1S/C16H30N2/c1-14(15-7-5-8-15)18-12-6-11-17-16(13-18)9-3-2-4-10-16/h14-15,17H,2-13H2,1H3. The van der Waals surface area contributed by atoms with Gasteiger partial charge in [-0.25, -0.2) is 0 Å². The summed E-state index contributed by atoms with van der Waals surface area (Å²) in [5.41, 5.74) is 0.479. The van der Waals surface area contributed by atoms with Gasteiger partial charge in [0, 0.05) is 18.1 Å². The van der Waals surface area contributed by atoms with Crippen LogP contribution >= 0.6 is 0 Å². The van der Waals surface area contributed by atoms with Crippen LogP contribution < -0.4 is 5.32 Å². The summed E-state index contributed by atoms with van der Waals surface area (Å²) >= 11 is 0. The molecule has 1 unspecified atom stereocenters. The van der Waals surface area contributed by atoms with Crippen LogP contribution in [0.4, 0.5) is 0 Å². The van der Waals surface area contributed by atoms with Crippen LogP contribution in [-0.4, -0.2) is 36.1 Å². The molecule has 1 saturated heterocycles. The summed E-state index contributed by atoms with van der Waals surface area (Å²) in [6.07, 6.45) is 13.0. The molecule has 1 spiro atoms. The van der Waals surface area contributed by atoms with Gasteiger partial charge in [0.25, 0.3) is 0 Å². The maximum atomic E-state index is 3.92. The molecule has 3 rings (SSSR count). The molecule has 0 bridgehead atoms. The fraction of sp³-hybridized carbons (Fsp3) is 1.00. The van der Waals surface area contributed by atoms with E-state index in [2.05, 4.69) is 17.1 Å². The van der Waals surface area contributed by atoms with Crippen molar-refractivity contribution in [2.24, 2.45) is 5.92 Å². The van der Waals surface area contributed by atoms with E-state index < -0.39 is 0 Å². The monoisotopic (exact) mass is 250 g/mol. The van der Waals surface area contributed by atoms with Gasteiger partial charge in [-0.05, 0) is 58.0 Å². The lowest BCUT2D eigenvalue weighted by molar-refractivity contribution is 0.0768. The Morgan fingerprint density at radius 1 is 1.06 bits per heavy atom. The van der Waals surface area contributed by atoms with Crippen LogP contribution in [0.3, 0.4) is 0 Å². The summed E-state index contributed by atoms with van der Waals surface area (Å²) < 4.78 is 0. The van der Waals surface area contributed by atoms with Crippen molar-refractivity contribution in [3.05, 3.63) is 0 Å². The second-order valence-electron chi connectivity index (χ2n) is 7.02. The van der Waals surface area contributed by atoms with Gasteiger partial charge in [0.05, 0.1) is 0 Å². The third-order valence-corrected chi connectivity index (χ3v) is 5.85.